The van der Waals surface area contributed by atoms with Crippen molar-refractivity contribution in [1.82, 2.24) is 4.90 Å². The third kappa shape index (κ3) is 5.35. The number of hydrogen-bond acceptors (Lipinski definition) is 6. The molecule has 0 spiro atoms. The molecule has 0 aliphatic carbocycles. The number of carbonyl (C=O) groups is 2. The molecule has 1 aliphatic rings. The zero-order chi connectivity index (χ0) is 25.7. The van der Waals surface area contributed by atoms with Gasteiger partial charge in [0, 0.05) is 10.6 Å². The predicted octanol–water partition coefficient (Wildman–Crippen LogP) is 5.70. The number of carbonyl (C=O) groups excluding carboxylic acids is 2. The molecule has 0 saturated carbocycles. The van der Waals surface area contributed by atoms with Crippen molar-refractivity contribution in [2.24, 2.45) is 0 Å². The van der Waals surface area contributed by atoms with Crippen molar-refractivity contribution >= 4 is 29.5 Å². The van der Waals surface area contributed by atoms with Crippen molar-refractivity contribution in [3.63, 3.8) is 0 Å². The van der Waals surface area contributed by atoms with Crippen molar-refractivity contribution < 1.29 is 23.5 Å². The van der Waals surface area contributed by atoms with E-state index in [1.165, 1.54) is 6.26 Å². The van der Waals surface area contributed by atoms with Crippen LogP contribution < -0.4 is 9.47 Å². The Kier molecular flexibility index (Phi) is 7.57. The molecule has 0 unspecified atom stereocenters. The Hall–Kier alpha value is -4.28. The van der Waals surface area contributed by atoms with Gasteiger partial charge in [0.2, 0.25) is 0 Å². The quantitative estimate of drug-likeness (QED) is 0.289. The zero-order valence-electron chi connectivity index (χ0n) is 19.8. The van der Waals surface area contributed by atoms with Gasteiger partial charge in [0.25, 0.3) is 11.8 Å². The van der Waals surface area contributed by atoms with Crippen LogP contribution in [-0.4, -0.2) is 23.3 Å². The molecule has 1 aliphatic heterocycles. The lowest BCUT2D eigenvalue weighted by Crippen LogP contribution is -2.42. The molecule has 182 valence electrons. The van der Waals surface area contributed by atoms with Gasteiger partial charge in [0.05, 0.1) is 19.4 Å². The predicted molar refractivity (Wildman–Crippen MR) is 134 cm³/mol. The van der Waals surface area contributed by atoms with E-state index < -0.39 is 11.8 Å². The Bertz CT molecular complexity index is 1380. The molecule has 0 atom stereocenters. The Morgan fingerprint density at radius 1 is 1.06 bits per heavy atom. The highest BCUT2D eigenvalue weighted by molar-refractivity contribution is 6.30. The molecule has 2 amide bonds. The van der Waals surface area contributed by atoms with Gasteiger partial charge in [-0.25, -0.2) is 0 Å². The van der Waals surface area contributed by atoms with E-state index >= 15 is 0 Å². The molecule has 3 aromatic rings. The van der Waals surface area contributed by atoms with Gasteiger partial charge in [-0.15, -0.1) is 0 Å². The summed E-state index contributed by atoms with van der Waals surface area (Å²) in [4.78, 5) is 27.1. The van der Waals surface area contributed by atoms with Gasteiger partial charge in [-0.2, -0.15) is 5.26 Å². The van der Waals surface area contributed by atoms with E-state index in [2.05, 4.69) is 0 Å². The maximum absolute atomic E-state index is 13.3. The maximum Gasteiger partial charge on any atom is 0.272 e. The maximum atomic E-state index is 13.3. The van der Waals surface area contributed by atoms with Gasteiger partial charge >= 0.3 is 0 Å². The Labute approximate surface area is 213 Å². The summed E-state index contributed by atoms with van der Waals surface area (Å²) in [6.45, 7) is 4.13. The summed E-state index contributed by atoms with van der Waals surface area (Å²) in [6, 6.07) is 17.9. The number of nitrogens with zero attached hydrogens (tertiary/aromatic N) is 2. The molecular weight excluding hydrogens is 480 g/mol. The van der Waals surface area contributed by atoms with Crippen LogP contribution in [0.15, 0.2) is 82.0 Å². The summed E-state index contributed by atoms with van der Waals surface area (Å²) in [7, 11) is 0. The molecule has 4 rings (SSSR count). The van der Waals surface area contributed by atoms with E-state index in [9.17, 15) is 14.9 Å². The fraction of sp³-hybridized carbons (Fsp3) is 0.179. The lowest BCUT2D eigenvalue weighted by molar-refractivity contribution is -0.141. The number of rotatable bonds is 8. The Morgan fingerprint density at radius 3 is 2.50 bits per heavy atom. The van der Waals surface area contributed by atoms with E-state index in [1.807, 2.05) is 25.1 Å². The van der Waals surface area contributed by atoms with Gasteiger partial charge in [-0.05, 0) is 73.0 Å². The number of ether oxygens (including phenoxy) is 2. The van der Waals surface area contributed by atoms with Crippen LogP contribution in [0.2, 0.25) is 5.02 Å². The van der Waals surface area contributed by atoms with Gasteiger partial charge < -0.3 is 13.9 Å². The lowest BCUT2D eigenvalue weighted by atomic mass is 9.93. The molecule has 1 aromatic heterocycles. The van der Waals surface area contributed by atoms with Crippen LogP contribution in [0.1, 0.15) is 30.7 Å². The first-order chi connectivity index (χ1) is 17.4. The van der Waals surface area contributed by atoms with Gasteiger partial charge in [0.1, 0.15) is 24.0 Å². The number of hydrogen-bond donors (Lipinski definition) is 0. The second kappa shape index (κ2) is 11.0. The number of amides is 2. The SMILES string of the molecule is CCOc1cc(/C=C2/C(=O)N(Cc3ccco3)C(=O)C(C#N)=C2C)ccc1OCc1ccc(Cl)cc1. The molecule has 0 fully saturated rings. The van der Waals surface area contributed by atoms with Crippen LogP contribution in [0.5, 0.6) is 11.5 Å². The van der Waals surface area contributed by atoms with Crippen LogP contribution in [-0.2, 0) is 22.7 Å². The van der Waals surface area contributed by atoms with Crippen molar-refractivity contribution in [2.75, 3.05) is 6.61 Å². The highest BCUT2D eigenvalue weighted by Crippen LogP contribution is 2.33. The first-order valence-electron chi connectivity index (χ1n) is 11.3. The molecule has 2 aromatic carbocycles. The summed E-state index contributed by atoms with van der Waals surface area (Å²) in [6.07, 6.45) is 3.10. The molecule has 0 bridgehead atoms. The van der Waals surface area contributed by atoms with Crippen molar-refractivity contribution in [2.45, 2.75) is 27.0 Å². The summed E-state index contributed by atoms with van der Waals surface area (Å²) < 4.78 is 17.0. The van der Waals surface area contributed by atoms with Crippen LogP contribution in [0.4, 0.5) is 0 Å². The van der Waals surface area contributed by atoms with E-state index in [1.54, 1.807) is 55.5 Å². The first kappa shape index (κ1) is 24.8. The highest BCUT2D eigenvalue weighted by atomic mass is 35.5. The minimum absolute atomic E-state index is 0.0673. The van der Waals surface area contributed by atoms with E-state index in [0.717, 1.165) is 10.5 Å². The van der Waals surface area contributed by atoms with Crippen molar-refractivity contribution in [3.05, 3.63) is 99.5 Å². The summed E-state index contributed by atoms with van der Waals surface area (Å²) in [5.74, 6) is 0.343. The monoisotopic (exact) mass is 502 g/mol. The van der Waals surface area contributed by atoms with Crippen LogP contribution in [0.3, 0.4) is 0 Å². The topological polar surface area (TPSA) is 92.8 Å². The Balaban J connectivity index is 1.64. The van der Waals surface area contributed by atoms with E-state index in [4.69, 9.17) is 25.5 Å². The second-order valence-corrected chi connectivity index (χ2v) is 8.44. The van der Waals surface area contributed by atoms with Gasteiger partial charge in [0.15, 0.2) is 11.5 Å². The fourth-order valence-electron chi connectivity index (χ4n) is 3.74. The average molecular weight is 503 g/mol. The molecule has 2 heterocycles. The number of halogens is 1. The number of furan rings is 1. The number of nitriles is 1. The van der Waals surface area contributed by atoms with Gasteiger partial charge in [-0.3, -0.25) is 14.5 Å². The number of benzene rings is 2. The smallest absolute Gasteiger partial charge is 0.272 e. The van der Waals surface area contributed by atoms with E-state index in [-0.39, 0.29) is 17.7 Å². The Morgan fingerprint density at radius 2 is 1.83 bits per heavy atom. The largest absolute Gasteiger partial charge is 0.490 e. The second-order valence-electron chi connectivity index (χ2n) is 8.00. The molecule has 0 saturated heterocycles. The summed E-state index contributed by atoms with van der Waals surface area (Å²) in [5, 5.41) is 10.3. The third-order valence-electron chi connectivity index (χ3n) is 5.61. The summed E-state index contributed by atoms with van der Waals surface area (Å²) in [5.41, 5.74) is 2.09. The lowest BCUT2D eigenvalue weighted by Gasteiger charge is -2.26. The van der Waals surface area contributed by atoms with Crippen molar-refractivity contribution in [1.29, 1.82) is 5.26 Å². The van der Waals surface area contributed by atoms with Gasteiger partial charge in [-0.1, -0.05) is 29.8 Å². The van der Waals surface area contributed by atoms with Crippen LogP contribution in [0, 0.1) is 11.3 Å². The standard InChI is InChI=1S/C28H23ClN2O5/c1-3-34-26-14-20(8-11-25(26)36-17-19-6-9-21(29)10-7-19)13-23-18(2)24(15-30)28(33)31(27(23)32)16-22-5-4-12-35-22/h4-14H,3,16-17H2,1-2H3/b23-13+. The third-order valence-corrected chi connectivity index (χ3v) is 5.86. The molecule has 7 nitrogen and oxygen atoms in total. The van der Waals surface area contributed by atoms with E-state index in [0.29, 0.717) is 46.6 Å². The minimum atomic E-state index is -0.644. The normalized spacial score (nSPS) is 14.8. The molecule has 0 radical (unpaired) electrons. The first-order valence-corrected chi connectivity index (χ1v) is 11.6. The number of imide groups is 1. The zero-order valence-corrected chi connectivity index (χ0v) is 20.5. The minimum Gasteiger partial charge on any atom is -0.490 e. The molecule has 8 heteroatoms. The molecule has 36 heavy (non-hydrogen) atoms. The summed E-state index contributed by atoms with van der Waals surface area (Å²) >= 11 is 5.95. The molecular formula is C28H23ClN2O5. The average Bonchev–Trinajstić information content (AvgIpc) is 3.39. The highest BCUT2D eigenvalue weighted by Gasteiger charge is 2.36. The fourth-order valence-corrected chi connectivity index (χ4v) is 3.87. The van der Waals surface area contributed by atoms with Crippen molar-refractivity contribution in [3.8, 4) is 17.6 Å². The van der Waals surface area contributed by atoms with Crippen LogP contribution >= 0.6 is 11.6 Å². The molecule has 0 N–H and O–H groups in total. The van der Waals surface area contributed by atoms with Crippen LogP contribution in [0.25, 0.3) is 6.08 Å².